The summed E-state index contributed by atoms with van der Waals surface area (Å²) in [5.74, 6) is -0.259. The first-order valence-corrected chi connectivity index (χ1v) is 4.08. The van der Waals surface area contributed by atoms with E-state index < -0.39 is 11.4 Å². The van der Waals surface area contributed by atoms with Gasteiger partial charge in [-0.1, -0.05) is 12.1 Å². The molecule has 14 heavy (non-hydrogen) atoms. The highest BCUT2D eigenvalue weighted by Crippen LogP contribution is 2.16. The molecule has 2 aromatic rings. The Morgan fingerprint density at radius 3 is 2.93 bits per heavy atom. The maximum absolute atomic E-state index is 13.2. The van der Waals surface area contributed by atoms with Gasteiger partial charge in [0.1, 0.15) is 5.82 Å². The number of H-pyrrole nitrogens is 1. The highest BCUT2D eigenvalue weighted by Gasteiger charge is 2.05. The summed E-state index contributed by atoms with van der Waals surface area (Å²) in [6.07, 6.45) is 0. The average molecular weight is 193 g/mol. The minimum absolute atomic E-state index is 0.183. The number of pyridine rings is 1. The molecule has 3 nitrogen and oxygen atoms in total. The zero-order valence-electron chi connectivity index (χ0n) is 7.50. The molecule has 0 bridgehead atoms. The number of aromatic nitrogens is 1. The highest BCUT2D eigenvalue weighted by atomic mass is 19.1. The van der Waals surface area contributed by atoms with Crippen LogP contribution in [0.25, 0.3) is 10.9 Å². The van der Waals surface area contributed by atoms with Crippen LogP contribution < -0.4 is 10.3 Å². The lowest BCUT2D eigenvalue weighted by atomic mass is 10.2. The summed E-state index contributed by atoms with van der Waals surface area (Å²) in [5, 5.41) is 0.612. The first-order valence-electron chi connectivity index (χ1n) is 4.08. The van der Waals surface area contributed by atoms with Crippen molar-refractivity contribution in [1.29, 1.82) is 0 Å². The molecule has 1 N–H and O–H groups in total. The molecular weight excluding hydrogens is 185 g/mol. The van der Waals surface area contributed by atoms with Gasteiger partial charge in [-0.15, -0.1) is 0 Å². The van der Waals surface area contributed by atoms with Gasteiger partial charge in [-0.25, -0.2) is 4.39 Å². The van der Waals surface area contributed by atoms with Gasteiger partial charge in [-0.05, 0) is 12.1 Å². The second-order valence-electron chi connectivity index (χ2n) is 2.87. The SMILES string of the molecule is COc1cc2cccc(F)c2[nH]c1=O. The van der Waals surface area contributed by atoms with Crippen LogP contribution in [-0.2, 0) is 0 Å². The Hall–Kier alpha value is -1.84. The van der Waals surface area contributed by atoms with Crippen LogP contribution in [0.3, 0.4) is 0 Å². The van der Waals surface area contributed by atoms with E-state index in [-0.39, 0.29) is 11.3 Å². The van der Waals surface area contributed by atoms with Gasteiger partial charge in [0, 0.05) is 5.39 Å². The third-order valence-electron chi connectivity index (χ3n) is 2.01. The number of para-hydroxylation sites is 1. The van der Waals surface area contributed by atoms with Crippen molar-refractivity contribution >= 4 is 10.9 Å². The molecular formula is C10H8FNO2. The van der Waals surface area contributed by atoms with Crippen molar-refractivity contribution in [3.05, 3.63) is 40.4 Å². The Bertz CT molecular complexity index is 533. The Balaban J connectivity index is 2.86. The van der Waals surface area contributed by atoms with Crippen LogP contribution in [0.2, 0.25) is 0 Å². The predicted octanol–water partition coefficient (Wildman–Crippen LogP) is 1.68. The van der Waals surface area contributed by atoms with Crippen molar-refractivity contribution in [2.24, 2.45) is 0 Å². The normalized spacial score (nSPS) is 10.4. The van der Waals surface area contributed by atoms with Crippen LogP contribution in [0.1, 0.15) is 0 Å². The molecule has 1 aromatic carbocycles. The van der Waals surface area contributed by atoms with E-state index in [4.69, 9.17) is 4.74 Å². The van der Waals surface area contributed by atoms with Gasteiger partial charge in [0.2, 0.25) is 0 Å². The van der Waals surface area contributed by atoms with Gasteiger partial charge < -0.3 is 9.72 Å². The number of nitrogens with one attached hydrogen (secondary N) is 1. The van der Waals surface area contributed by atoms with Gasteiger partial charge in [-0.3, -0.25) is 4.79 Å². The number of benzene rings is 1. The fraction of sp³-hybridized carbons (Fsp3) is 0.100. The maximum Gasteiger partial charge on any atom is 0.290 e. The molecule has 0 unspecified atom stereocenters. The molecule has 1 heterocycles. The first-order chi connectivity index (χ1) is 6.72. The summed E-state index contributed by atoms with van der Waals surface area (Å²) in [4.78, 5) is 13.7. The van der Waals surface area contributed by atoms with Crippen LogP contribution in [0.5, 0.6) is 5.75 Å². The summed E-state index contributed by atoms with van der Waals surface area (Å²) in [5.41, 5.74) is -0.219. The number of halogens is 1. The van der Waals surface area contributed by atoms with Crippen molar-refractivity contribution in [3.63, 3.8) is 0 Å². The molecule has 1 aromatic heterocycles. The monoisotopic (exact) mass is 193 g/mol. The van der Waals surface area contributed by atoms with E-state index in [1.165, 1.54) is 19.2 Å². The molecule has 0 radical (unpaired) electrons. The first kappa shape index (κ1) is 8.74. The number of methoxy groups -OCH3 is 1. The van der Waals surface area contributed by atoms with Crippen LogP contribution >= 0.6 is 0 Å². The number of hydrogen-bond donors (Lipinski definition) is 1. The number of hydrogen-bond acceptors (Lipinski definition) is 2. The maximum atomic E-state index is 13.2. The molecule has 0 aliphatic heterocycles. The molecule has 0 saturated carbocycles. The van der Waals surface area contributed by atoms with Gasteiger partial charge in [0.25, 0.3) is 5.56 Å². The highest BCUT2D eigenvalue weighted by molar-refractivity contribution is 5.80. The molecule has 0 aliphatic carbocycles. The predicted molar refractivity (Wildman–Crippen MR) is 51.1 cm³/mol. The Kier molecular flexibility index (Phi) is 1.96. The second kappa shape index (κ2) is 3.14. The summed E-state index contributed by atoms with van der Waals surface area (Å²) in [6, 6.07) is 6.09. The molecule has 0 atom stereocenters. The van der Waals surface area contributed by atoms with E-state index in [9.17, 15) is 9.18 Å². The zero-order chi connectivity index (χ0) is 10.1. The van der Waals surface area contributed by atoms with E-state index in [1.54, 1.807) is 12.1 Å². The quantitative estimate of drug-likeness (QED) is 0.748. The van der Waals surface area contributed by atoms with Gasteiger partial charge in [0.15, 0.2) is 5.75 Å². The lowest BCUT2D eigenvalue weighted by molar-refractivity contribution is 0.409. The van der Waals surface area contributed by atoms with E-state index in [2.05, 4.69) is 4.98 Å². The van der Waals surface area contributed by atoms with E-state index in [0.717, 1.165) is 0 Å². The van der Waals surface area contributed by atoms with Crippen LogP contribution in [-0.4, -0.2) is 12.1 Å². The van der Waals surface area contributed by atoms with E-state index in [0.29, 0.717) is 5.39 Å². The molecule has 2 rings (SSSR count). The molecule has 0 spiro atoms. The lowest BCUT2D eigenvalue weighted by Crippen LogP contribution is -2.09. The minimum Gasteiger partial charge on any atom is -0.491 e. The van der Waals surface area contributed by atoms with Crippen LogP contribution in [0, 0.1) is 5.82 Å². The average Bonchev–Trinajstić information content (AvgIpc) is 2.19. The summed E-state index contributed by atoms with van der Waals surface area (Å²) in [7, 11) is 1.40. The Morgan fingerprint density at radius 2 is 2.21 bits per heavy atom. The topological polar surface area (TPSA) is 42.1 Å². The third kappa shape index (κ3) is 1.25. The van der Waals surface area contributed by atoms with Crippen LogP contribution in [0.15, 0.2) is 29.1 Å². The zero-order valence-corrected chi connectivity index (χ0v) is 7.50. The molecule has 0 fully saturated rings. The molecule has 0 saturated heterocycles. The lowest BCUT2D eigenvalue weighted by Gasteiger charge is -2.01. The van der Waals surface area contributed by atoms with E-state index in [1.807, 2.05) is 0 Å². The van der Waals surface area contributed by atoms with Gasteiger partial charge in [-0.2, -0.15) is 0 Å². The van der Waals surface area contributed by atoms with Gasteiger partial charge >= 0.3 is 0 Å². The number of ether oxygens (including phenoxy) is 1. The largest absolute Gasteiger partial charge is 0.491 e. The van der Waals surface area contributed by atoms with Crippen molar-refractivity contribution < 1.29 is 9.13 Å². The van der Waals surface area contributed by atoms with Crippen LogP contribution in [0.4, 0.5) is 4.39 Å². The van der Waals surface area contributed by atoms with Crippen molar-refractivity contribution in [2.45, 2.75) is 0 Å². The Morgan fingerprint density at radius 1 is 1.43 bits per heavy atom. The summed E-state index contributed by atoms with van der Waals surface area (Å²) >= 11 is 0. The number of fused-ring (bicyclic) bond motifs is 1. The third-order valence-corrected chi connectivity index (χ3v) is 2.01. The van der Waals surface area contributed by atoms with E-state index >= 15 is 0 Å². The summed E-state index contributed by atoms with van der Waals surface area (Å²) in [6.45, 7) is 0. The molecule has 4 heteroatoms. The smallest absolute Gasteiger partial charge is 0.290 e. The van der Waals surface area contributed by atoms with Gasteiger partial charge in [0.05, 0.1) is 12.6 Å². The Labute approximate surface area is 79.1 Å². The minimum atomic E-state index is -0.442. The standard InChI is InChI=1S/C10H8FNO2/c1-14-8-5-6-3-2-4-7(11)9(6)12-10(8)13/h2-5H,1H3,(H,12,13). The number of aromatic amines is 1. The fourth-order valence-electron chi connectivity index (χ4n) is 1.33. The number of rotatable bonds is 1. The fourth-order valence-corrected chi connectivity index (χ4v) is 1.33. The molecule has 0 amide bonds. The van der Waals surface area contributed by atoms with Crippen molar-refractivity contribution in [1.82, 2.24) is 4.98 Å². The summed E-state index contributed by atoms with van der Waals surface area (Å²) < 4.78 is 18.0. The molecule has 0 aliphatic rings. The van der Waals surface area contributed by atoms with Crippen molar-refractivity contribution in [2.75, 3.05) is 7.11 Å². The second-order valence-corrected chi connectivity index (χ2v) is 2.87. The van der Waals surface area contributed by atoms with Crippen molar-refractivity contribution in [3.8, 4) is 5.75 Å². The molecule has 72 valence electrons.